The SMILES string of the molecule is C/C=C/C[C@H](C)[C@@H](CCOC)S(=O)(=O)NC(=O)c1ccc2c(n1)N(C[C@@H]1CC[C@H]1[C@@H](CN1CCN(C3COC3)CC1)OC)CCCCc1cc(Cl)ccc1CO2. The molecule has 0 radical (unpaired) electrons. The second kappa shape index (κ2) is 20.3. The van der Waals surface area contributed by atoms with Crippen molar-refractivity contribution >= 4 is 33.3 Å². The zero-order chi connectivity index (χ0) is 39.7. The summed E-state index contributed by atoms with van der Waals surface area (Å²) in [4.78, 5) is 26.1. The number of halogens is 1. The molecule has 310 valence electrons. The van der Waals surface area contributed by atoms with Crippen LogP contribution in [0.2, 0.25) is 5.02 Å². The molecule has 3 aliphatic heterocycles. The molecule has 1 aromatic carbocycles. The van der Waals surface area contributed by atoms with Gasteiger partial charge in [-0.05, 0) is 105 Å². The number of pyridine rings is 1. The van der Waals surface area contributed by atoms with Crippen LogP contribution in [0.25, 0.3) is 0 Å². The van der Waals surface area contributed by atoms with Crippen LogP contribution in [0, 0.1) is 17.8 Å². The zero-order valence-corrected chi connectivity index (χ0v) is 35.2. The van der Waals surface area contributed by atoms with E-state index in [1.165, 1.54) is 0 Å². The minimum absolute atomic E-state index is 0.0297. The van der Waals surface area contributed by atoms with Crippen LogP contribution in [-0.2, 0) is 37.3 Å². The van der Waals surface area contributed by atoms with Crippen LogP contribution >= 0.6 is 11.6 Å². The Hall–Kier alpha value is -2.78. The Kier molecular flexibility index (Phi) is 15.5. The van der Waals surface area contributed by atoms with Crippen molar-refractivity contribution in [1.29, 1.82) is 0 Å². The van der Waals surface area contributed by atoms with Crippen molar-refractivity contribution in [2.75, 3.05) is 84.8 Å². The lowest BCUT2D eigenvalue weighted by atomic mass is 9.70. The minimum atomic E-state index is -4.06. The molecule has 3 fully saturated rings. The Morgan fingerprint density at radius 2 is 1.88 bits per heavy atom. The van der Waals surface area contributed by atoms with Gasteiger partial charge < -0.3 is 23.8 Å². The third-order valence-electron chi connectivity index (χ3n) is 12.4. The molecule has 1 amide bonds. The number of aryl methyl sites for hydroxylation is 1. The van der Waals surface area contributed by atoms with E-state index in [1.807, 2.05) is 51.3 Å². The molecule has 14 heteroatoms. The first kappa shape index (κ1) is 42.8. The van der Waals surface area contributed by atoms with Gasteiger partial charge in [0.2, 0.25) is 10.0 Å². The average molecular weight is 817 g/mol. The van der Waals surface area contributed by atoms with Gasteiger partial charge in [-0.25, -0.2) is 18.1 Å². The smallest absolute Gasteiger partial charge is 0.283 e. The van der Waals surface area contributed by atoms with Gasteiger partial charge in [0.05, 0.1) is 30.6 Å². The molecule has 1 aliphatic carbocycles. The number of nitrogens with one attached hydrogen (secondary N) is 1. The molecule has 4 aliphatic rings. The second-order valence-corrected chi connectivity index (χ2v) is 18.3. The number of ether oxygens (including phenoxy) is 4. The maximum absolute atomic E-state index is 13.8. The first-order chi connectivity index (χ1) is 27.1. The fourth-order valence-electron chi connectivity index (χ4n) is 8.64. The molecular weight excluding hydrogens is 754 g/mol. The summed E-state index contributed by atoms with van der Waals surface area (Å²) in [5, 5.41) is -0.117. The van der Waals surface area contributed by atoms with Gasteiger partial charge in [-0.3, -0.25) is 14.6 Å². The number of carbonyl (C=O) groups excluding carboxylic acids is 1. The predicted molar refractivity (Wildman–Crippen MR) is 220 cm³/mol. The van der Waals surface area contributed by atoms with E-state index in [0.717, 1.165) is 95.7 Å². The molecule has 0 unspecified atom stereocenters. The highest BCUT2D eigenvalue weighted by atomic mass is 35.5. The van der Waals surface area contributed by atoms with Gasteiger partial charge in [-0.2, -0.15) is 0 Å². The summed E-state index contributed by atoms with van der Waals surface area (Å²) in [7, 11) is -0.676. The molecule has 5 atom stereocenters. The number of hydrogen-bond donors (Lipinski definition) is 1. The number of methoxy groups -OCH3 is 2. The summed E-state index contributed by atoms with van der Waals surface area (Å²) in [6, 6.07) is 9.80. The highest BCUT2D eigenvalue weighted by Crippen LogP contribution is 2.41. The number of aromatic nitrogens is 1. The summed E-state index contributed by atoms with van der Waals surface area (Å²) >= 11 is 6.41. The number of carbonyl (C=O) groups is 1. The highest BCUT2D eigenvalue weighted by molar-refractivity contribution is 7.90. The largest absolute Gasteiger partial charge is 0.485 e. The number of nitrogens with zero attached hydrogens (tertiary/aromatic N) is 4. The first-order valence-corrected chi connectivity index (χ1v) is 22.4. The third-order valence-corrected chi connectivity index (χ3v) is 14.6. The van der Waals surface area contributed by atoms with Crippen molar-refractivity contribution in [2.24, 2.45) is 17.8 Å². The topological polar surface area (TPSA) is 123 Å². The third kappa shape index (κ3) is 10.8. The Bertz CT molecular complexity index is 1740. The lowest BCUT2D eigenvalue weighted by Crippen LogP contribution is -2.58. The highest BCUT2D eigenvalue weighted by Gasteiger charge is 2.40. The molecule has 1 aromatic heterocycles. The maximum atomic E-state index is 13.8. The fourth-order valence-corrected chi connectivity index (χ4v) is 10.5. The molecule has 56 heavy (non-hydrogen) atoms. The van der Waals surface area contributed by atoms with E-state index < -0.39 is 21.2 Å². The molecular formula is C42H62ClN5O7S. The number of piperazine rings is 1. The Morgan fingerprint density at radius 3 is 2.55 bits per heavy atom. The van der Waals surface area contributed by atoms with Crippen LogP contribution in [0.5, 0.6) is 5.75 Å². The van der Waals surface area contributed by atoms with Crippen molar-refractivity contribution in [3.8, 4) is 5.75 Å². The van der Waals surface area contributed by atoms with E-state index in [-0.39, 0.29) is 30.7 Å². The van der Waals surface area contributed by atoms with Crippen LogP contribution in [0.4, 0.5) is 5.82 Å². The van der Waals surface area contributed by atoms with Gasteiger partial charge in [0.15, 0.2) is 11.6 Å². The summed E-state index contributed by atoms with van der Waals surface area (Å²) in [5.41, 5.74) is 2.25. The summed E-state index contributed by atoms with van der Waals surface area (Å²) in [5.74, 6) is 0.875. The average Bonchev–Trinajstić information content (AvgIpc) is 3.18. The Morgan fingerprint density at radius 1 is 1.07 bits per heavy atom. The summed E-state index contributed by atoms with van der Waals surface area (Å²) < 4.78 is 53.3. The number of fused-ring (bicyclic) bond motifs is 2. The van der Waals surface area contributed by atoms with E-state index in [4.69, 9.17) is 35.5 Å². The fraction of sp³-hybridized carbons (Fsp3) is 0.667. The lowest BCUT2D eigenvalue weighted by molar-refractivity contribution is -0.0849. The molecule has 1 saturated carbocycles. The molecule has 1 N–H and O–H groups in total. The molecule has 0 bridgehead atoms. The number of rotatable bonds is 16. The van der Waals surface area contributed by atoms with Gasteiger partial charge in [0.1, 0.15) is 12.3 Å². The number of sulfonamides is 1. The summed E-state index contributed by atoms with van der Waals surface area (Å²) in [6.45, 7) is 12.6. The quantitative estimate of drug-likeness (QED) is 0.214. The Balaban J connectivity index is 1.22. The minimum Gasteiger partial charge on any atom is -0.485 e. The van der Waals surface area contributed by atoms with E-state index in [1.54, 1.807) is 19.2 Å². The van der Waals surface area contributed by atoms with Crippen LogP contribution < -0.4 is 14.4 Å². The predicted octanol–water partition coefficient (Wildman–Crippen LogP) is 5.58. The number of hydrogen-bond acceptors (Lipinski definition) is 11. The van der Waals surface area contributed by atoms with E-state index in [9.17, 15) is 13.2 Å². The number of amides is 1. The Labute approximate surface area is 339 Å². The number of allylic oxidation sites excluding steroid dienone is 2. The van der Waals surface area contributed by atoms with Gasteiger partial charge in [0, 0.05) is 71.7 Å². The van der Waals surface area contributed by atoms with Crippen LogP contribution in [-0.4, -0.2) is 126 Å². The van der Waals surface area contributed by atoms with Gasteiger partial charge in [-0.15, -0.1) is 0 Å². The van der Waals surface area contributed by atoms with Crippen molar-refractivity contribution in [1.82, 2.24) is 19.5 Å². The van der Waals surface area contributed by atoms with E-state index in [0.29, 0.717) is 54.0 Å². The molecule has 2 aromatic rings. The van der Waals surface area contributed by atoms with Crippen LogP contribution in [0.3, 0.4) is 0 Å². The second-order valence-electron chi connectivity index (χ2n) is 16.0. The van der Waals surface area contributed by atoms with Gasteiger partial charge >= 0.3 is 0 Å². The molecule has 6 rings (SSSR count). The number of benzene rings is 1. The van der Waals surface area contributed by atoms with E-state index >= 15 is 0 Å². The monoisotopic (exact) mass is 815 g/mol. The zero-order valence-electron chi connectivity index (χ0n) is 33.7. The van der Waals surface area contributed by atoms with Gasteiger partial charge in [-0.1, -0.05) is 36.7 Å². The van der Waals surface area contributed by atoms with Crippen molar-refractivity contribution < 1.29 is 32.2 Å². The summed E-state index contributed by atoms with van der Waals surface area (Å²) in [6.07, 6.45) is 9.68. The van der Waals surface area contributed by atoms with Crippen LogP contribution in [0.15, 0.2) is 42.5 Å². The normalized spacial score (nSPS) is 23.1. The molecule has 0 spiro atoms. The molecule has 12 nitrogen and oxygen atoms in total. The first-order valence-electron chi connectivity index (χ1n) is 20.5. The number of anilines is 1. The van der Waals surface area contributed by atoms with E-state index in [2.05, 4.69) is 19.4 Å². The standard InChI is InChI=1S/C42H62ClN5O7S/c1-5-6-9-30(2)40(17-23-52-3)56(50,51)45-42(49)37-15-16-38-41(44-37)48(18-8-7-10-31-24-34(43)13-11-33(31)27-55-38)25-32-12-14-36(32)39(53-4)26-46-19-21-47(22-20-46)35-28-54-29-35/h5-6,11,13,15-16,24,30,32,35-36,39-40H,7-10,12,14,17-23,25-29H2,1-4H3,(H,45,49)/b6-5+/t30-,32-,36+,39+,40+/m0/s1. The van der Waals surface area contributed by atoms with Crippen LogP contribution in [0.1, 0.15) is 74.0 Å². The molecule has 4 heterocycles. The van der Waals surface area contributed by atoms with Crippen molar-refractivity contribution in [3.05, 3.63) is 64.3 Å². The van der Waals surface area contributed by atoms with Crippen molar-refractivity contribution in [2.45, 2.75) is 82.8 Å². The lowest BCUT2D eigenvalue weighted by Gasteiger charge is -2.47. The maximum Gasteiger partial charge on any atom is 0.283 e. The van der Waals surface area contributed by atoms with Crippen molar-refractivity contribution in [3.63, 3.8) is 0 Å². The van der Waals surface area contributed by atoms with Gasteiger partial charge in [0.25, 0.3) is 5.91 Å². The molecule has 2 saturated heterocycles.